The molecule has 1 unspecified atom stereocenters. The Kier molecular flexibility index (Phi) is 2.30. The molecule has 1 aliphatic carbocycles. The number of hydrogen-bond acceptors (Lipinski definition) is 1. The van der Waals surface area contributed by atoms with Gasteiger partial charge in [0.15, 0.2) is 0 Å². The van der Waals surface area contributed by atoms with Crippen LogP contribution in [0.1, 0.15) is 17.7 Å². The predicted octanol–water partition coefficient (Wildman–Crippen LogP) is 2.07. The number of allylic oxidation sites excluding steroid dienone is 3. The first-order valence-corrected chi connectivity index (χ1v) is 4.87. The molecule has 1 aromatic heterocycles. The molecular weight excluding hydrogens is 174 g/mol. The molecule has 2 heteroatoms. The van der Waals surface area contributed by atoms with E-state index in [0.717, 1.165) is 12.1 Å². The van der Waals surface area contributed by atoms with Crippen molar-refractivity contribution < 1.29 is 5.11 Å². The van der Waals surface area contributed by atoms with E-state index in [1.807, 2.05) is 25.3 Å². The summed E-state index contributed by atoms with van der Waals surface area (Å²) in [6, 6.07) is 2.10. The minimum Gasteiger partial charge on any atom is -0.395 e. The normalized spacial score (nSPS) is 25.6. The van der Waals surface area contributed by atoms with Gasteiger partial charge >= 0.3 is 0 Å². The summed E-state index contributed by atoms with van der Waals surface area (Å²) in [6.07, 6.45) is 11.0. The van der Waals surface area contributed by atoms with Crippen LogP contribution < -0.4 is 0 Å². The quantitative estimate of drug-likeness (QED) is 0.734. The Balaban J connectivity index is 2.38. The molecule has 0 saturated heterocycles. The number of hydrogen-bond donors (Lipinski definition) is 2. The van der Waals surface area contributed by atoms with E-state index in [1.54, 1.807) is 0 Å². The van der Waals surface area contributed by atoms with Crippen LogP contribution in [0.25, 0.3) is 0 Å². The van der Waals surface area contributed by atoms with Gasteiger partial charge in [-0.2, -0.15) is 0 Å². The van der Waals surface area contributed by atoms with Gasteiger partial charge in [-0.15, -0.1) is 0 Å². The van der Waals surface area contributed by atoms with Gasteiger partial charge in [0.05, 0.1) is 12.0 Å². The Morgan fingerprint density at radius 1 is 1.50 bits per heavy atom. The van der Waals surface area contributed by atoms with Gasteiger partial charge < -0.3 is 10.1 Å². The maximum absolute atomic E-state index is 9.50. The van der Waals surface area contributed by atoms with Crippen molar-refractivity contribution in [3.05, 3.63) is 47.8 Å². The Hall–Kier alpha value is -1.28. The maximum atomic E-state index is 9.50. The van der Waals surface area contributed by atoms with Crippen LogP contribution in [0.5, 0.6) is 0 Å². The van der Waals surface area contributed by atoms with E-state index in [1.165, 1.54) is 5.56 Å². The van der Waals surface area contributed by atoms with Crippen LogP contribution in [0, 0.1) is 6.92 Å². The second-order valence-corrected chi connectivity index (χ2v) is 3.90. The van der Waals surface area contributed by atoms with Gasteiger partial charge in [0.1, 0.15) is 0 Å². The lowest BCUT2D eigenvalue weighted by Crippen LogP contribution is -2.29. The van der Waals surface area contributed by atoms with Gasteiger partial charge in [0.25, 0.3) is 0 Å². The van der Waals surface area contributed by atoms with Crippen molar-refractivity contribution in [1.82, 2.24) is 4.98 Å². The van der Waals surface area contributed by atoms with Crippen molar-refractivity contribution in [2.75, 3.05) is 6.61 Å². The number of aryl methyl sites for hydroxylation is 1. The van der Waals surface area contributed by atoms with Crippen LogP contribution >= 0.6 is 0 Å². The Morgan fingerprint density at radius 2 is 2.36 bits per heavy atom. The zero-order chi connectivity index (χ0) is 10.0. The van der Waals surface area contributed by atoms with Crippen molar-refractivity contribution in [1.29, 1.82) is 0 Å². The molecule has 14 heavy (non-hydrogen) atoms. The number of aliphatic hydroxyl groups is 1. The molecule has 0 aromatic carbocycles. The molecule has 1 aromatic rings. The number of nitrogens with one attached hydrogen (secondary N) is 1. The third-order valence-electron chi connectivity index (χ3n) is 2.79. The van der Waals surface area contributed by atoms with Crippen LogP contribution in [0.4, 0.5) is 0 Å². The number of aromatic amines is 1. The largest absolute Gasteiger partial charge is 0.395 e. The fraction of sp³-hybridized carbons (Fsp3) is 0.333. The molecule has 0 spiro atoms. The van der Waals surface area contributed by atoms with Gasteiger partial charge in [-0.1, -0.05) is 24.3 Å². The first kappa shape index (κ1) is 9.28. The topological polar surface area (TPSA) is 36.0 Å². The Labute approximate surface area is 84.0 Å². The van der Waals surface area contributed by atoms with Crippen LogP contribution in [0.2, 0.25) is 0 Å². The number of aromatic nitrogens is 1. The second-order valence-electron chi connectivity index (χ2n) is 3.90. The summed E-state index contributed by atoms with van der Waals surface area (Å²) in [6.45, 7) is 2.20. The molecule has 1 atom stereocenters. The lowest BCUT2D eigenvalue weighted by atomic mass is 9.79. The van der Waals surface area contributed by atoms with Crippen molar-refractivity contribution in [3.8, 4) is 0 Å². The second kappa shape index (κ2) is 3.46. The smallest absolute Gasteiger partial charge is 0.0580 e. The molecule has 0 fully saturated rings. The molecule has 2 nitrogen and oxygen atoms in total. The molecule has 2 N–H and O–H groups in total. The van der Waals surface area contributed by atoms with E-state index >= 15 is 0 Å². The summed E-state index contributed by atoms with van der Waals surface area (Å²) in [5.41, 5.74) is 2.07. The van der Waals surface area contributed by atoms with Gasteiger partial charge in [0.2, 0.25) is 0 Å². The van der Waals surface area contributed by atoms with Crippen molar-refractivity contribution in [3.63, 3.8) is 0 Å². The molecule has 1 heterocycles. The first-order valence-electron chi connectivity index (χ1n) is 4.87. The highest BCUT2D eigenvalue weighted by atomic mass is 16.3. The lowest BCUT2D eigenvalue weighted by molar-refractivity contribution is 0.222. The van der Waals surface area contributed by atoms with Crippen LogP contribution in [0.15, 0.2) is 36.6 Å². The molecule has 2 rings (SSSR count). The predicted molar refractivity (Wildman–Crippen MR) is 57.2 cm³/mol. The van der Waals surface area contributed by atoms with E-state index in [2.05, 4.69) is 23.2 Å². The van der Waals surface area contributed by atoms with Crippen molar-refractivity contribution in [2.24, 2.45) is 0 Å². The highest BCUT2D eigenvalue weighted by Gasteiger charge is 2.29. The van der Waals surface area contributed by atoms with E-state index < -0.39 is 0 Å². The highest BCUT2D eigenvalue weighted by Crippen LogP contribution is 2.31. The van der Waals surface area contributed by atoms with Crippen molar-refractivity contribution >= 4 is 0 Å². The summed E-state index contributed by atoms with van der Waals surface area (Å²) in [5.74, 6) is 0. The third-order valence-corrected chi connectivity index (χ3v) is 2.79. The Bertz CT molecular complexity index is 375. The molecule has 0 aliphatic heterocycles. The zero-order valence-electron chi connectivity index (χ0n) is 8.33. The molecule has 1 aliphatic rings. The van der Waals surface area contributed by atoms with Crippen molar-refractivity contribution in [2.45, 2.75) is 18.8 Å². The lowest BCUT2D eigenvalue weighted by Gasteiger charge is -2.27. The van der Waals surface area contributed by atoms with Crippen LogP contribution in [-0.2, 0) is 5.41 Å². The molecule has 0 saturated carbocycles. The molecule has 74 valence electrons. The van der Waals surface area contributed by atoms with E-state index in [-0.39, 0.29) is 12.0 Å². The van der Waals surface area contributed by atoms with Crippen LogP contribution in [0.3, 0.4) is 0 Å². The van der Waals surface area contributed by atoms with E-state index in [4.69, 9.17) is 0 Å². The highest BCUT2D eigenvalue weighted by molar-refractivity contribution is 5.33. The van der Waals surface area contributed by atoms with E-state index in [0.29, 0.717) is 0 Å². The molecule has 0 amide bonds. The molecule has 0 radical (unpaired) electrons. The average Bonchev–Trinajstić information content (AvgIpc) is 2.66. The molecule has 0 bridgehead atoms. The SMILES string of the molecule is Cc1c[nH]c(C2(CO)C=CC=CC2)c1. The number of aliphatic hydroxyl groups excluding tert-OH is 1. The molecular formula is C12H15NO. The summed E-state index contributed by atoms with van der Waals surface area (Å²) < 4.78 is 0. The minimum atomic E-state index is -0.233. The fourth-order valence-electron chi connectivity index (χ4n) is 1.86. The monoisotopic (exact) mass is 189 g/mol. The minimum absolute atomic E-state index is 0.147. The van der Waals surface area contributed by atoms with Gasteiger partial charge in [-0.05, 0) is 25.0 Å². The average molecular weight is 189 g/mol. The van der Waals surface area contributed by atoms with Crippen LogP contribution in [-0.4, -0.2) is 16.7 Å². The first-order chi connectivity index (χ1) is 6.77. The third kappa shape index (κ3) is 1.42. The van der Waals surface area contributed by atoms with Gasteiger partial charge in [-0.25, -0.2) is 0 Å². The number of H-pyrrole nitrogens is 1. The summed E-state index contributed by atoms with van der Waals surface area (Å²) in [7, 11) is 0. The Morgan fingerprint density at radius 3 is 2.86 bits per heavy atom. The standard InChI is InChI=1S/C12H15NO/c1-10-7-11(13-8-10)12(9-14)5-3-2-4-6-12/h2-5,7-8,13-14H,6,9H2,1H3. The summed E-state index contributed by atoms with van der Waals surface area (Å²) in [4.78, 5) is 3.22. The summed E-state index contributed by atoms with van der Waals surface area (Å²) in [5, 5.41) is 9.50. The summed E-state index contributed by atoms with van der Waals surface area (Å²) >= 11 is 0. The fourth-order valence-corrected chi connectivity index (χ4v) is 1.86. The van der Waals surface area contributed by atoms with Gasteiger partial charge in [0, 0.05) is 11.9 Å². The number of rotatable bonds is 2. The van der Waals surface area contributed by atoms with E-state index in [9.17, 15) is 5.11 Å². The van der Waals surface area contributed by atoms with Gasteiger partial charge in [-0.3, -0.25) is 0 Å². The zero-order valence-corrected chi connectivity index (χ0v) is 8.33. The maximum Gasteiger partial charge on any atom is 0.0580 e.